The Balaban J connectivity index is 2.13. The van der Waals surface area contributed by atoms with Gasteiger partial charge in [0.15, 0.2) is 0 Å². The summed E-state index contributed by atoms with van der Waals surface area (Å²) in [4.78, 5) is 3.95. The lowest BCUT2D eigenvalue weighted by molar-refractivity contribution is 0.0733. The molecular formula is C10H16N4O3S. The van der Waals surface area contributed by atoms with Crippen molar-refractivity contribution in [2.24, 2.45) is 0 Å². The number of anilines is 2. The van der Waals surface area contributed by atoms with Crippen LogP contribution in [0.1, 0.15) is 5.56 Å². The summed E-state index contributed by atoms with van der Waals surface area (Å²) >= 11 is 0. The van der Waals surface area contributed by atoms with Crippen LogP contribution in [0, 0.1) is 6.92 Å². The van der Waals surface area contributed by atoms with Crippen molar-refractivity contribution in [3.63, 3.8) is 0 Å². The van der Waals surface area contributed by atoms with E-state index in [1.165, 1.54) is 10.5 Å². The number of nitrogens with one attached hydrogen (secondary N) is 1. The molecule has 1 fully saturated rings. The fourth-order valence-electron chi connectivity index (χ4n) is 1.61. The number of nitrogen functional groups attached to an aromatic ring is 1. The zero-order valence-corrected chi connectivity index (χ0v) is 10.9. The Morgan fingerprint density at radius 2 is 2.11 bits per heavy atom. The number of aryl methyl sites for hydroxylation is 1. The Kier molecular flexibility index (Phi) is 3.69. The van der Waals surface area contributed by atoms with Crippen molar-refractivity contribution in [1.29, 1.82) is 0 Å². The SMILES string of the molecule is Cc1cc(NS(=O)(=O)N2CCOCC2)ncc1N. The normalized spacial score (nSPS) is 17.6. The molecule has 3 N–H and O–H groups in total. The molecule has 1 saturated heterocycles. The lowest BCUT2D eigenvalue weighted by atomic mass is 10.2. The van der Waals surface area contributed by atoms with Crippen LogP contribution in [-0.4, -0.2) is 44.0 Å². The van der Waals surface area contributed by atoms with E-state index in [-0.39, 0.29) is 5.82 Å². The van der Waals surface area contributed by atoms with Crippen molar-refractivity contribution in [3.8, 4) is 0 Å². The second-order valence-corrected chi connectivity index (χ2v) is 5.72. The molecule has 1 aliphatic heterocycles. The molecule has 8 heteroatoms. The van der Waals surface area contributed by atoms with Gasteiger partial charge < -0.3 is 10.5 Å². The minimum Gasteiger partial charge on any atom is -0.397 e. The zero-order chi connectivity index (χ0) is 13.2. The summed E-state index contributed by atoms with van der Waals surface area (Å²) in [7, 11) is -3.57. The molecule has 7 nitrogen and oxygen atoms in total. The molecule has 100 valence electrons. The van der Waals surface area contributed by atoms with Crippen molar-refractivity contribution >= 4 is 21.7 Å². The van der Waals surface area contributed by atoms with Crippen LogP contribution in [-0.2, 0) is 14.9 Å². The van der Waals surface area contributed by atoms with Gasteiger partial charge in [0, 0.05) is 13.1 Å². The summed E-state index contributed by atoms with van der Waals surface area (Å²) < 4.78 is 33.0. The minimum atomic E-state index is -3.57. The predicted octanol–water partition coefficient (Wildman–Crippen LogP) is -0.0389. The molecule has 0 radical (unpaired) electrons. The Hall–Kier alpha value is -1.38. The third kappa shape index (κ3) is 2.89. The Bertz CT molecular complexity index is 526. The van der Waals surface area contributed by atoms with Gasteiger partial charge in [0.2, 0.25) is 0 Å². The van der Waals surface area contributed by atoms with Gasteiger partial charge in [0.25, 0.3) is 0 Å². The largest absolute Gasteiger partial charge is 0.397 e. The lowest BCUT2D eigenvalue weighted by Gasteiger charge is -2.26. The average Bonchev–Trinajstić information content (AvgIpc) is 2.35. The summed E-state index contributed by atoms with van der Waals surface area (Å²) in [5.41, 5.74) is 6.94. The Morgan fingerprint density at radius 3 is 2.72 bits per heavy atom. The topological polar surface area (TPSA) is 97.5 Å². The van der Waals surface area contributed by atoms with Gasteiger partial charge in [0.1, 0.15) is 5.82 Å². The van der Waals surface area contributed by atoms with E-state index in [2.05, 4.69) is 9.71 Å². The van der Waals surface area contributed by atoms with Crippen LogP contribution in [0.4, 0.5) is 11.5 Å². The lowest BCUT2D eigenvalue weighted by Crippen LogP contribution is -2.43. The van der Waals surface area contributed by atoms with Crippen molar-refractivity contribution in [3.05, 3.63) is 17.8 Å². The maximum atomic E-state index is 12.0. The number of nitrogens with two attached hydrogens (primary N) is 1. The van der Waals surface area contributed by atoms with Crippen molar-refractivity contribution < 1.29 is 13.2 Å². The molecule has 0 aromatic carbocycles. The third-order valence-corrected chi connectivity index (χ3v) is 4.21. The van der Waals surface area contributed by atoms with Gasteiger partial charge in [-0.3, -0.25) is 4.72 Å². The number of rotatable bonds is 3. The molecule has 1 aliphatic rings. The smallest absolute Gasteiger partial charge is 0.302 e. The first kappa shape index (κ1) is 13.1. The number of nitrogens with zero attached hydrogens (tertiary/aromatic N) is 2. The summed E-state index contributed by atoms with van der Waals surface area (Å²) in [6, 6.07) is 1.60. The molecule has 2 rings (SSSR count). The van der Waals surface area contributed by atoms with Crippen LogP contribution >= 0.6 is 0 Å². The second-order valence-electron chi connectivity index (χ2n) is 4.04. The molecular weight excluding hydrogens is 256 g/mol. The number of hydrogen-bond donors (Lipinski definition) is 2. The predicted molar refractivity (Wildman–Crippen MR) is 68.3 cm³/mol. The molecule has 0 bridgehead atoms. The molecule has 0 aliphatic carbocycles. The highest BCUT2D eigenvalue weighted by Gasteiger charge is 2.24. The molecule has 2 heterocycles. The first-order valence-electron chi connectivity index (χ1n) is 5.57. The monoisotopic (exact) mass is 272 g/mol. The highest BCUT2D eigenvalue weighted by molar-refractivity contribution is 7.90. The van der Waals surface area contributed by atoms with Gasteiger partial charge in [-0.1, -0.05) is 0 Å². The van der Waals surface area contributed by atoms with E-state index in [4.69, 9.17) is 10.5 Å². The van der Waals surface area contributed by atoms with Gasteiger partial charge in [-0.25, -0.2) is 4.98 Å². The first-order chi connectivity index (χ1) is 8.49. The zero-order valence-electron chi connectivity index (χ0n) is 10.1. The van der Waals surface area contributed by atoms with Gasteiger partial charge in [-0.2, -0.15) is 12.7 Å². The van der Waals surface area contributed by atoms with Crippen LogP contribution in [0.15, 0.2) is 12.3 Å². The molecule has 0 amide bonds. The molecule has 0 atom stereocenters. The van der Waals surface area contributed by atoms with Crippen LogP contribution in [0.25, 0.3) is 0 Å². The highest BCUT2D eigenvalue weighted by Crippen LogP contribution is 2.15. The third-order valence-electron chi connectivity index (χ3n) is 2.69. The summed E-state index contributed by atoms with van der Waals surface area (Å²) in [6.45, 7) is 3.32. The highest BCUT2D eigenvalue weighted by atomic mass is 32.2. The van der Waals surface area contributed by atoms with E-state index in [1.807, 2.05) is 0 Å². The minimum absolute atomic E-state index is 0.271. The van der Waals surface area contributed by atoms with Crippen molar-refractivity contribution in [2.45, 2.75) is 6.92 Å². The number of pyridine rings is 1. The van der Waals surface area contributed by atoms with Crippen molar-refractivity contribution in [2.75, 3.05) is 36.8 Å². The van der Waals surface area contributed by atoms with Gasteiger partial charge >= 0.3 is 10.2 Å². The van der Waals surface area contributed by atoms with E-state index in [0.29, 0.717) is 32.0 Å². The molecule has 0 saturated carbocycles. The number of morpholine rings is 1. The van der Waals surface area contributed by atoms with Crippen LogP contribution in [0.5, 0.6) is 0 Å². The maximum absolute atomic E-state index is 12.0. The average molecular weight is 272 g/mol. The van der Waals surface area contributed by atoms with E-state index in [0.717, 1.165) is 5.56 Å². The molecule has 1 aromatic rings. The number of aromatic nitrogens is 1. The maximum Gasteiger partial charge on any atom is 0.302 e. The van der Waals surface area contributed by atoms with Gasteiger partial charge in [-0.05, 0) is 18.6 Å². The van der Waals surface area contributed by atoms with Crippen LogP contribution < -0.4 is 10.5 Å². The summed E-state index contributed by atoms with van der Waals surface area (Å²) in [5, 5.41) is 0. The molecule has 0 spiro atoms. The van der Waals surface area contributed by atoms with E-state index in [1.54, 1.807) is 13.0 Å². The van der Waals surface area contributed by atoms with E-state index < -0.39 is 10.2 Å². The van der Waals surface area contributed by atoms with Crippen LogP contribution in [0.2, 0.25) is 0 Å². The number of hydrogen-bond acceptors (Lipinski definition) is 5. The Labute approximate surface area is 106 Å². The second kappa shape index (κ2) is 5.09. The van der Waals surface area contributed by atoms with E-state index >= 15 is 0 Å². The van der Waals surface area contributed by atoms with Gasteiger partial charge in [-0.15, -0.1) is 0 Å². The fraction of sp³-hybridized carbons (Fsp3) is 0.500. The molecule has 1 aromatic heterocycles. The fourth-order valence-corrected chi connectivity index (χ4v) is 2.74. The van der Waals surface area contributed by atoms with E-state index in [9.17, 15) is 8.42 Å². The van der Waals surface area contributed by atoms with Gasteiger partial charge in [0.05, 0.1) is 25.1 Å². The summed E-state index contributed by atoms with van der Waals surface area (Å²) in [5.74, 6) is 0.271. The quantitative estimate of drug-likeness (QED) is 0.804. The van der Waals surface area contributed by atoms with Crippen LogP contribution in [0.3, 0.4) is 0 Å². The first-order valence-corrected chi connectivity index (χ1v) is 7.01. The molecule has 0 unspecified atom stereocenters. The van der Waals surface area contributed by atoms with Crippen molar-refractivity contribution in [1.82, 2.24) is 9.29 Å². The number of ether oxygens (including phenoxy) is 1. The molecule has 18 heavy (non-hydrogen) atoms. The summed E-state index contributed by atoms with van der Waals surface area (Å²) in [6.07, 6.45) is 1.44. The standard InChI is InChI=1S/C10H16N4O3S/c1-8-6-10(12-7-9(8)11)13-18(15,16)14-2-4-17-5-3-14/h6-7H,2-5,11H2,1H3,(H,12,13). The Morgan fingerprint density at radius 1 is 1.44 bits per heavy atom.